The fourth-order valence-electron chi connectivity index (χ4n) is 4.45. The molecule has 5 N–H and O–H groups in total. The van der Waals surface area contributed by atoms with Crippen molar-refractivity contribution in [1.82, 2.24) is 25.9 Å². The summed E-state index contributed by atoms with van der Waals surface area (Å²) < 4.78 is 0. The van der Waals surface area contributed by atoms with Crippen molar-refractivity contribution in [3.8, 4) is 5.75 Å². The van der Waals surface area contributed by atoms with Crippen LogP contribution in [0.4, 0.5) is 5.82 Å². The van der Waals surface area contributed by atoms with E-state index in [9.17, 15) is 9.90 Å². The van der Waals surface area contributed by atoms with E-state index in [-0.39, 0.29) is 17.7 Å². The second kappa shape index (κ2) is 8.51. The molecule has 1 atom stereocenters. The van der Waals surface area contributed by atoms with Crippen molar-refractivity contribution in [2.45, 2.75) is 6.04 Å². The fourth-order valence-corrected chi connectivity index (χ4v) is 4.45. The molecule has 1 aromatic heterocycles. The number of nitrogens with one attached hydrogen (secondary N) is 4. The number of H-pyrrole nitrogens is 1. The first kappa shape index (κ1) is 20.8. The molecule has 2 aliphatic heterocycles. The van der Waals surface area contributed by atoms with Crippen LogP contribution < -0.4 is 16.1 Å². The Morgan fingerprint density at radius 3 is 2.26 bits per heavy atom. The van der Waals surface area contributed by atoms with Gasteiger partial charge in [0.25, 0.3) is 5.91 Å². The smallest absolute Gasteiger partial charge is 0.278 e. The van der Waals surface area contributed by atoms with Gasteiger partial charge in [-0.25, -0.2) is 10.4 Å². The van der Waals surface area contributed by atoms with Crippen LogP contribution in [0.15, 0.2) is 109 Å². The number of amides is 1. The Morgan fingerprint density at radius 2 is 1.57 bits per heavy atom. The van der Waals surface area contributed by atoms with E-state index in [1.165, 1.54) is 0 Å². The van der Waals surface area contributed by atoms with Gasteiger partial charge in [-0.3, -0.25) is 9.89 Å². The zero-order chi connectivity index (χ0) is 23.8. The van der Waals surface area contributed by atoms with Gasteiger partial charge in [-0.1, -0.05) is 72.8 Å². The number of benzene rings is 3. The van der Waals surface area contributed by atoms with Gasteiger partial charge in [0.1, 0.15) is 17.4 Å². The highest BCUT2D eigenvalue weighted by atomic mass is 16.3. The highest BCUT2D eigenvalue weighted by Gasteiger charge is 2.42. The predicted octanol–water partition coefficient (Wildman–Crippen LogP) is 3.96. The van der Waals surface area contributed by atoms with Gasteiger partial charge in [0.05, 0.1) is 11.6 Å². The first-order valence-electron chi connectivity index (χ1n) is 11.2. The third-order valence-electron chi connectivity index (χ3n) is 6.06. The molecular formula is C27H22N6O2. The maximum Gasteiger partial charge on any atom is 0.278 e. The van der Waals surface area contributed by atoms with Crippen molar-refractivity contribution in [3.63, 3.8) is 0 Å². The maximum absolute atomic E-state index is 14.0. The second-order valence-corrected chi connectivity index (χ2v) is 8.25. The lowest BCUT2D eigenvalue weighted by Crippen LogP contribution is -2.47. The SMILES string of the molecule is O=C1C(c2ccc(O)cc2)=C(Nc2cc[nH]n2)NC2=C(c3ccccc3)C(c3ccccc3)NN12. The number of phenolic OH excluding ortho intramolecular Hbond substituents is 1. The lowest BCUT2D eigenvalue weighted by atomic mass is 9.94. The van der Waals surface area contributed by atoms with Gasteiger partial charge in [-0.15, -0.1) is 0 Å². The number of hydrazine groups is 1. The maximum atomic E-state index is 14.0. The van der Waals surface area contributed by atoms with Gasteiger partial charge in [-0.05, 0) is 28.8 Å². The largest absolute Gasteiger partial charge is 0.508 e. The molecule has 3 heterocycles. The molecule has 0 spiro atoms. The molecule has 2 aliphatic rings. The van der Waals surface area contributed by atoms with E-state index in [1.54, 1.807) is 41.5 Å². The number of anilines is 1. The lowest BCUT2D eigenvalue weighted by Gasteiger charge is -2.31. The predicted molar refractivity (Wildman–Crippen MR) is 133 cm³/mol. The minimum absolute atomic E-state index is 0.128. The van der Waals surface area contributed by atoms with E-state index in [4.69, 9.17) is 0 Å². The van der Waals surface area contributed by atoms with Crippen LogP contribution in [-0.4, -0.2) is 26.2 Å². The Kier molecular flexibility index (Phi) is 5.05. The molecule has 0 fully saturated rings. The molecule has 0 saturated carbocycles. The summed E-state index contributed by atoms with van der Waals surface area (Å²) in [5.41, 5.74) is 7.48. The lowest BCUT2D eigenvalue weighted by molar-refractivity contribution is -0.126. The number of aromatic hydroxyl groups is 1. The van der Waals surface area contributed by atoms with Gasteiger partial charge in [-0.2, -0.15) is 5.10 Å². The van der Waals surface area contributed by atoms with Gasteiger partial charge in [0, 0.05) is 17.8 Å². The standard InChI is InChI=1S/C27H22N6O2/c34-20-13-11-18(12-14-20)23-25(29-21-15-16-28-31-21)30-26-22(17-7-3-1-4-8-17)24(32-33(26)27(23)35)19-9-5-2-6-10-19/h1-16,24,30,32,34H,(H2,28,29,31). The summed E-state index contributed by atoms with van der Waals surface area (Å²) in [6, 6.07) is 28.2. The van der Waals surface area contributed by atoms with E-state index in [1.807, 2.05) is 60.7 Å². The molecule has 0 saturated heterocycles. The van der Waals surface area contributed by atoms with Gasteiger partial charge < -0.3 is 15.7 Å². The Balaban J connectivity index is 1.52. The molecule has 172 valence electrons. The van der Waals surface area contributed by atoms with E-state index in [2.05, 4.69) is 26.3 Å². The normalized spacial score (nSPS) is 17.4. The number of carbonyl (C=O) groups is 1. The Bertz CT molecular complexity index is 1430. The number of hydrogen-bond donors (Lipinski definition) is 5. The van der Waals surface area contributed by atoms with Crippen molar-refractivity contribution in [3.05, 3.63) is 126 Å². The fraction of sp³-hybridized carbons (Fsp3) is 0.0370. The van der Waals surface area contributed by atoms with Crippen LogP contribution >= 0.6 is 0 Å². The Hall–Kier alpha value is -4.82. The molecule has 8 heteroatoms. The molecule has 35 heavy (non-hydrogen) atoms. The van der Waals surface area contributed by atoms with Crippen LogP contribution in [-0.2, 0) is 4.79 Å². The summed E-state index contributed by atoms with van der Waals surface area (Å²) in [4.78, 5) is 14.0. The number of carbonyl (C=O) groups excluding carboxylic acids is 1. The zero-order valence-corrected chi connectivity index (χ0v) is 18.6. The molecule has 0 radical (unpaired) electrons. The number of rotatable bonds is 5. The topological polar surface area (TPSA) is 105 Å². The van der Waals surface area contributed by atoms with E-state index in [0.29, 0.717) is 28.6 Å². The van der Waals surface area contributed by atoms with Crippen molar-refractivity contribution in [2.24, 2.45) is 0 Å². The van der Waals surface area contributed by atoms with E-state index < -0.39 is 0 Å². The first-order valence-corrected chi connectivity index (χ1v) is 11.2. The summed E-state index contributed by atoms with van der Waals surface area (Å²) >= 11 is 0. The van der Waals surface area contributed by atoms with Crippen molar-refractivity contribution < 1.29 is 9.90 Å². The number of fused-ring (bicyclic) bond motifs is 1. The summed E-state index contributed by atoms with van der Waals surface area (Å²) in [5, 5.41) is 25.1. The van der Waals surface area contributed by atoms with Crippen LogP contribution in [0, 0.1) is 0 Å². The summed E-state index contributed by atoms with van der Waals surface area (Å²) in [5.74, 6) is 1.62. The molecule has 1 amide bonds. The van der Waals surface area contributed by atoms with Gasteiger partial charge in [0.2, 0.25) is 0 Å². The van der Waals surface area contributed by atoms with E-state index in [0.717, 1.165) is 16.7 Å². The number of hydrogen-bond acceptors (Lipinski definition) is 6. The highest BCUT2D eigenvalue weighted by molar-refractivity contribution is 6.22. The van der Waals surface area contributed by atoms with Crippen LogP contribution in [0.1, 0.15) is 22.7 Å². The summed E-state index contributed by atoms with van der Waals surface area (Å²) in [7, 11) is 0. The summed E-state index contributed by atoms with van der Waals surface area (Å²) in [6.07, 6.45) is 1.71. The molecule has 6 rings (SSSR count). The second-order valence-electron chi connectivity index (χ2n) is 8.25. The average Bonchev–Trinajstić information content (AvgIpc) is 3.54. The first-order chi connectivity index (χ1) is 17.2. The van der Waals surface area contributed by atoms with Crippen LogP contribution in [0.2, 0.25) is 0 Å². The number of aromatic amines is 1. The van der Waals surface area contributed by atoms with Crippen molar-refractivity contribution in [1.29, 1.82) is 0 Å². The third kappa shape index (κ3) is 3.71. The Labute approximate surface area is 201 Å². The Morgan fingerprint density at radius 1 is 0.857 bits per heavy atom. The van der Waals surface area contributed by atoms with Crippen molar-refractivity contribution >= 4 is 22.9 Å². The van der Waals surface area contributed by atoms with Gasteiger partial charge >= 0.3 is 0 Å². The minimum Gasteiger partial charge on any atom is -0.508 e. The number of nitrogens with zero attached hydrogens (tertiary/aromatic N) is 2. The zero-order valence-electron chi connectivity index (χ0n) is 18.6. The monoisotopic (exact) mass is 462 g/mol. The van der Waals surface area contributed by atoms with Crippen LogP contribution in [0.25, 0.3) is 11.1 Å². The molecule has 3 aromatic carbocycles. The van der Waals surface area contributed by atoms with Crippen LogP contribution in [0.3, 0.4) is 0 Å². The van der Waals surface area contributed by atoms with Crippen LogP contribution in [0.5, 0.6) is 5.75 Å². The minimum atomic E-state index is -0.240. The average molecular weight is 463 g/mol. The molecule has 4 aromatic rings. The third-order valence-corrected chi connectivity index (χ3v) is 6.06. The quantitative estimate of drug-likeness (QED) is 0.308. The number of aromatic nitrogens is 2. The van der Waals surface area contributed by atoms with Crippen molar-refractivity contribution in [2.75, 3.05) is 5.32 Å². The molecule has 0 aliphatic carbocycles. The molecule has 8 nitrogen and oxygen atoms in total. The summed E-state index contributed by atoms with van der Waals surface area (Å²) in [6.45, 7) is 0. The molecular weight excluding hydrogens is 440 g/mol. The van der Waals surface area contributed by atoms with Gasteiger partial charge in [0.15, 0.2) is 5.82 Å². The highest BCUT2D eigenvalue weighted by Crippen LogP contribution is 2.41. The van der Waals surface area contributed by atoms with E-state index >= 15 is 0 Å². The number of phenols is 1. The molecule has 1 unspecified atom stereocenters. The molecule has 0 bridgehead atoms.